The van der Waals surface area contributed by atoms with Gasteiger partial charge in [0.1, 0.15) is 0 Å². The topological polar surface area (TPSA) is 54.4 Å². The number of carboxylic acids is 1. The van der Waals surface area contributed by atoms with Crippen LogP contribution in [0.2, 0.25) is 10.0 Å². The maximum absolute atomic E-state index is 12.4. The van der Waals surface area contributed by atoms with Crippen molar-refractivity contribution >= 4 is 35.0 Å². The van der Waals surface area contributed by atoms with Crippen LogP contribution in [0.25, 0.3) is 0 Å². The number of rotatable bonds is 3. The molecule has 2 rings (SSSR count). The molecule has 2 aromatic carbocycles. The second-order valence-electron chi connectivity index (χ2n) is 4.31. The Hall–Kier alpha value is -1.84. The molecule has 5 heteroatoms. The maximum Gasteiger partial charge on any atom is 0.336 e. The highest BCUT2D eigenvalue weighted by molar-refractivity contribution is 6.42. The van der Waals surface area contributed by atoms with E-state index >= 15 is 0 Å². The van der Waals surface area contributed by atoms with Crippen molar-refractivity contribution in [3.63, 3.8) is 0 Å². The summed E-state index contributed by atoms with van der Waals surface area (Å²) < 4.78 is 0. The summed E-state index contributed by atoms with van der Waals surface area (Å²) in [5, 5.41) is 9.41. The zero-order valence-electron chi connectivity index (χ0n) is 10.5. The van der Waals surface area contributed by atoms with Crippen molar-refractivity contribution in [3.8, 4) is 0 Å². The standard InChI is InChI=1S/C15H10Cl2O3/c1-8-2-4-9(5-3-8)14(18)10-6-12(16)13(17)7-11(10)15(19)20/h2-7H,1H3,(H,19,20). The highest BCUT2D eigenvalue weighted by Gasteiger charge is 2.20. The first-order valence-electron chi connectivity index (χ1n) is 5.74. The van der Waals surface area contributed by atoms with Crippen molar-refractivity contribution in [2.24, 2.45) is 0 Å². The molecule has 1 N–H and O–H groups in total. The number of carbonyl (C=O) groups is 2. The van der Waals surface area contributed by atoms with Crippen LogP contribution in [0.15, 0.2) is 36.4 Å². The number of hydrogen-bond donors (Lipinski definition) is 1. The van der Waals surface area contributed by atoms with Crippen molar-refractivity contribution in [2.75, 3.05) is 0 Å². The molecule has 0 saturated carbocycles. The van der Waals surface area contributed by atoms with E-state index in [1.54, 1.807) is 24.3 Å². The first kappa shape index (κ1) is 14.6. The smallest absolute Gasteiger partial charge is 0.336 e. The summed E-state index contributed by atoms with van der Waals surface area (Å²) in [5.41, 5.74) is 1.27. The minimum atomic E-state index is -1.22. The van der Waals surface area contributed by atoms with Gasteiger partial charge < -0.3 is 5.11 Å². The van der Waals surface area contributed by atoms with Gasteiger partial charge in [0.25, 0.3) is 0 Å². The molecule has 0 saturated heterocycles. The van der Waals surface area contributed by atoms with E-state index in [0.717, 1.165) is 5.56 Å². The average Bonchev–Trinajstić information content (AvgIpc) is 2.41. The summed E-state index contributed by atoms with van der Waals surface area (Å²) in [4.78, 5) is 23.6. The minimum Gasteiger partial charge on any atom is -0.478 e. The van der Waals surface area contributed by atoms with Crippen molar-refractivity contribution in [2.45, 2.75) is 6.92 Å². The average molecular weight is 309 g/mol. The Bertz CT molecular complexity index is 691. The van der Waals surface area contributed by atoms with Crippen molar-refractivity contribution in [1.29, 1.82) is 0 Å². The van der Waals surface area contributed by atoms with Crippen LogP contribution in [0.1, 0.15) is 31.8 Å². The quantitative estimate of drug-likeness (QED) is 0.863. The van der Waals surface area contributed by atoms with Crippen molar-refractivity contribution < 1.29 is 14.7 Å². The number of hydrogen-bond acceptors (Lipinski definition) is 2. The SMILES string of the molecule is Cc1ccc(C(=O)c2cc(Cl)c(Cl)cc2C(=O)O)cc1. The van der Waals surface area contributed by atoms with Crippen molar-refractivity contribution in [3.05, 3.63) is 68.7 Å². The molecule has 0 aliphatic rings. The highest BCUT2D eigenvalue weighted by atomic mass is 35.5. The summed E-state index contributed by atoms with van der Waals surface area (Å²) in [6, 6.07) is 9.33. The van der Waals surface area contributed by atoms with E-state index in [-0.39, 0.29) is 21.2 Å². The first-order chi connectivity index (χ1) is 9.40. The number of benzene rings is 2. The van der Waals surface area contributed by atoms with Crippen LogP contribution in [0.5, 0.6) is 0 Å². The zero-order valence-corrected chi connectivity index (χ0v) is 12.0. The Labute approximate surface area is 125 Å². The van der Waals surface area contributed by atoms with Crippen LogP contribution in [-0.4, -0.2) is 16.9 Å². The van der Waals surface area contributed by atoms with Crippen LogP contribution in [-0.2, 0) is 0 Å². The van der Waals surface area contributed by atoms with Gasteiger partial charge in [-0.05, 0) is 19.1 Å². The van der Waals surface area contributed by atoms with Gasteiger partial charge in [0, 0.05) is 11.1 Å². The molecule has 0 radical (unpaired) electrons. The second kappa shape index (κ2) is 5.65. The van der Waals surface area contributed by atoms with Crippen LogP contribution in [0.3, 0.4) is 0 Å². The molecular formula is C15H10Cl2O3. The third-order valence-electron chi connectivity index (χ3n) is 2.85. The molecule has 20 heavy (non-hydrogen) atoms. The molecule has 3 nitrogen and oxygen atoms in total. The van der Waals surface area contributed by atoms with Gasteiger partial charge in [-0.25, -0.2) is 4.79 Å². The predicted octanol–water partition coefficient (Wildman–Crippen LogP) is 4.23. The predicted molar refractivity (Wildman–Crippen MR) is 78.0 cm³/mol. The fourth-order valence-corrected chi connectivity index (χ4v) is 2.10. The van der Waals surface area contributed by atoms with Crippen LogP contribution < -0.4 is 0 Å². The van der Waals surface area contributed by atoms with Crippen LogP contribution >= 0.6 is 23.2 Å². The van der Waals surface area contributed by atoms with E-state index < -0.39 is 11.8 Å². The third kappa shape index (κ3) is 2.84. The molecule has 0 atom stereocenters. The Kier molecular flexibility index (Phi) is 4.12. The van der Waals surface area contributed by atoms with E-state index in [1.165, 1.54) is 12.1 Å². The number of carboxylic acid groups (broad SMARTS) is 1. The number of aryl methyl sites for hydroxylation is 1. The molecular weight excluding hydrogens is 299 g/mol. The van der Waals surface area contributed by atoms with Crippen LogP contribution in [0.4, 0.5) is 0 Å². The van der Waals surface area contributed by atoms with E-state index in [4.69, 9.17) is 28.3 Å². The summed E-state index contributed by atoms with van der Waals surface area (Å²) in [6.07, 6.45) is 0. The number of aromatic carboxylic acids is 1. The van der Waals surface area contributed by atoms with E-state index in [9.17, 15) is 9.59 Å². The lowest BCUT2D eigenvalue weighted by atomic mass is 9.98. The number of ketones is 1. The number of carbonyl (C=O) groups excluding carboxylic acids is 1. The highest BCUT2D eigenvalue weighted by Crippen LogP contribution is 2.27. The molecule has 0 aromatic heterocycles. The van der Waals surface area contributed by atoms with Gasteiger partial charge in [-0.1, -0.05) is 53.0 Å². The van der Waals surface area contributed by atoms with Gasteiger partial charge in [0.15, 0.2) is 5.78 Å². The molecule has 102 valence electrons. The van der Waals surface area contributed by atoms with E-state index in [2.05, 4.69) is 0 Å². The fraction of sp³-hybridized carbons (Fsp3) is 0.0667. The summed E-state index contributed by atoms with van der Waals surface area (Å²) in [6.45, 7) is 1.90. The summed E-state index contributed by atoms with van der Waals surface area (Å²) >= 11 is 11.7. The van der Waals surface area contributed by atoms with E-state index in [0.29, 0.717) is 5.56 Å². The molecule has 0 spiro atoms. The maximum atomic E-state index is 12.4. The van der Waals surface area contributed by atoms with Gasteiger partial charge in [0.05, 0.1) is 15.6 Å². The monoisotopic (exact) mass is 308 g/mol. The Morgan fingerprint density at radius 2 is 1.45 bits per heavy atom. The van der Waals surface area contributed by atoms with Crippen molar-refractivity contribution in [1.82, 2.24) is 0 Å². The molecule has 0 bridgehead atoms. The Morgan fingerprint density at radius 3 is 1.95 bits per heavy atom. The molecule has 0 aliphatic carbocycles. The summed E-state index contributed by atoms with van der Waals surface area (Å²) in [7, 11) is 0. The lowest BCUT2D eigenvalue weighted by Gasteiger charge is -2.08. The fourth-order valence-electron chi connectivity index (χ4n) is 1.77. The summed E-state index contributed by atoms with van der Waals surface area (Å²) in [5.74, 6) is -1.63. The van der Waals surface area contributed by atoms with Gasteiger partial charge in [-0.2, -0.15) is 0 Å². The lowest BCUT2D eigenvalue weighted by Crippen LogP contribution is -2.10. The van der Waals surface area contributed by atoms with Gasteiger partial charge >= 0.3 is 5.97 Å². The van der Waals surface area contributed by atoms with E-state index in [1.807, 2.05) is 6.92 Å². The second-order valence-corrected chi connectivity index (χ2v) is 5.13. The largest absolute Gasteiger partial charge is 0.478 e. The van der Waals surface area contributed by atoms with Gasteiger partial charge in [-0.3, -0.25) is 4.79 Å². The molecule has 0 fully saturated rings. The molecule has 0 unspecified atom stereocenters. The Morgan fingerprint density at radius 1 is 0.950 bits per heavy atom. The lowest BCUT2D eigenvalue weighted by molar-refractivity contribution is 0.0693. The van der Waals surface area contributed by atoms with Crippen LogP contribution in [0, 0.1) is 6.92 Å². The third-order valence-corrected chi connectivity index (χ3v) is 3.57. The molecule has 0 heterocycles. The molecule has 0 amide bonds. The molecule has 0 aliphatic heterocycles. The van der Waals surface area contributed by atoms with Gasteiger partial charge in [0.2, 0.25) is 0 Å². The number of halogens is 2. The normalized spacial score (nSPS) is 10.3. The van der Waals surface area contributed by atoms with Gasteiger partial charge in [-0.15, -0.1) is 0 Å². The molecule has 2 aromatic rings. The first-order valence-corrected chi connectivity index (χ1v) is 6.49. The minimum absolute atomic E-state index is 0.0238. The Balaban J connectivity index is 2.56. The zero-order chi connectivity index (χ0) is 14.9.